The Kier molecular flexibility index (Phi) is 16.2. The number of amides is 1. The minimum absolute atomic E-state index is 0. The first-order chi connectivity index (χ1) is 8.35. The molecule has 1 unspecified atom stereocenters. The molecule has 0 spiro atoms. The van der Waals surface area contributed by atoms with Crippen LogP contribution in [0.5, 0.6) is 0 Å². The van der Waals surface area contributed by atoms with Crippen molar-refractivity contribution in [2.45, 2.75) is 37.4 Å². The molecule has 2 N–H and O–H groups in total. The molecule has 0 aromatic rings. The number of nitrogens with one attached hydrogen (secondary N) is 1. The van der Waals surface area contributed by atoms with E-state index in [9.17, 15) is 13.2 Å². The maximum absolute atomic E-state index is 11.3. The monoisotopic (exact) mass is 355 g/mol. The Labute approximate surface area is 169 Å². The Morgan fingerprint density at radius 2 is 1.89 bits per heavy atom. The van der Waals surface area contributed by atoms with Gasteiger partial charge in [0, 0.05) is 18.2 Å². The minimum atomic E-state index is -3.99. The Bertz CT molecular complexity index is 338. The standard InChI is InChI=1S/C10H21NO4S3.K.H/c12-10(11-6-8-18(13,14)15)4-2-1-3-9(17)5-7-16;;/h9,16-17H,1-8H2,(H,11,12)(H,13,14,15);;. The zero-order valence-electron chi connectivity index (χ0n) is 10.2. The van der Waals surface area contributed by atoms with Crippen molar-refractivity contribution in [2.24, 2.45) is 0 Å². The van der Waals surface area contributed by atoms with E-state index >= 15 is 0 Å². The van der Waals surface area contributed by atoms with E-state index in [1.54, 1.807) is 0 Å². The Balaban J connectivity index is 0. The Morgan fingerprint density at radius 3 is 2.42 bits per heavy atom. The fraction of sp³-hybridized carbons (Fsp3) is 0.900. The predicted molar refractivity (Wildman–Crippen MR) is 86.3 cm³/mol. The number of rotatable bonds is 10. The van der Waals surface area contributed by atoms with E-state index in [1.807, 2.05) is 0 Å². The molecule has 0 aliphatic heterocycles. The molecule has 19 heavy (non-hydrogen) atoms. The van der Waals surface area contributed by atoms with E-state index in [0.29, 0.717) is 11.7 Å². The van der Waals surface area contributed by atoms with Crippen LogP contribution in [0.25, 0.3) is 0 Å². The van der Waals surface area contributed by atoms with Gasteiger partial charge in [0.25, 0.3) is 10.1 Å². The van der Waals surface area contributed by atoms with Crippen molar-refractivity contribution in [3.8, 4) is 0 Å². The summed E-state index contributed by atoms with van der Waals surface area (Å²) in [5.74, 6) is 0.174. The molecular formula is C10H22KNO4S3. The number of carbonyl (C=O) groups excluding carboxylic acids is 1. The summed E-state index contributed by atoms with van der Waals surface area (Å²) in [6, 6.07) is 0. The second kappa shape index (κ2) is 13.4. The SMILES string of the molecule is O=C(CCCCC(S)CCS)NCCS(=O)(=O)O.[KH]. The van der Waals surface area contributed by atoms with Gasteiger partial charge in [0.2, 0.25) is 5.91 Å². The van der Waals surface area contributed by atoms with Crippen LogP contribution in [-0.2, 0) is 14.9 Å². The van der Waals surface area contributed by atoms with Crippen molar-refractivity contribution in [1.82, 2.24) is 5.32 Å². The van der Waals surface area contributed by atoms with Crippen LogP contribution < -0.4 is 5.32 Å². The summed E-state index contributed by atoms with van der Waals surface area (Å²) in [4.78, 5) is 11.3. The molecule has 0 aromatic heterocycles. The molecule has 0 heterocycles. The number of hydrogen-bond acceptors (Lipinski definition) is 5. The third kappa shape index (κ3) is 17.7. The number of hydrogen-bond donors (Lipinski definition) is 4. The van der Waals surface area contributed by atoms with Gasteiger partial charge in [-0.25, -0.2) is 0 Å². The molecule has 0 radical (unpaired) electrons. The molecule has 0 bridgehead atoms. The Morgan fingerprint density at radius 1 is 1.26 bits per heavy atom. The van der Waals surface area contributed by atoms with E-state index in [2.05, 4.69) is 30.6 Å². The van der Waals surface area contributed by atoms with Crippen molar-refractivity contribution < 1.29 is 17.8 Å². The fourth-order valence-corrected chi connectivity index (χ4v) is 2.55. The van der Waals surface area contributed by atoms with E-state index in [0.717, 1.165) is 31.4 Å². The molecule has 0 aromatic carbocycles. The normalized spacial score (nSPS) is 12.6. The molecule has 0 aliphatic carbocycles. The number of carbonyl (C=O) groups is 1. The third-order valence-corrected chi connectivity index (χ3v) is 3.83. The van der Waals surface area contributed by atoms with Crippen molar-refractivity contribution in [2.75, 3.05) is 18.1 Å². The van der Waals surface area contributed by atoms with Crippen LogP contribution >= 0.6 is 25.3 Å². The topological polar surface area (TPSA) is 83.5 Å². The van der Waals surface area contributed by atoms with Crippen molar-refractivity contribution in [3.05, 3.63) is 0 Å². The molecule has 1 amide bonds. The van der Waals surface area contributed by atoms with Crippen LogP contribution in [0.1, 0.15) is 32.1 Å². The zero-order chi connectivity index (χ0) is 14.0. The molecule has 0 fully saturated rings. The number of thiol groups is 2. The average molecular weight is 356 g/mol. The molecule has 0 saturated heterocycles. The van der Waals surface area contributed by atoms with Crippen LogP contribution in [0, 0.1) is 0 Å². The first-order valence-corrected chi connectivity index (χ1v) is 8.61. The van der Waals surface area contributed by atoms with Crippen LogP contribution in [0.15, 0.2) is 0 Å². The molecule has 110 valence electrons. The third-order valence-electron chi connectivity index (χ3n) is 2.34. The van der Waals surface area contributed by atoms with E-state index < -0.39 is 15.9 Å². The van der Waals surface area contributed by atoms with Crippen molar-refractivity contribution >= 4 is 92.7 Å². The first kappa shape index (κ1) is 23.0. The summed E-state index contributed by atoms with van der Waals surface area (Å²) in [6.45, 7) is -0.0491. The second-order valence-corrected chi connectivity index (χ2v) is 6.80. The molecule has 1 atom stereocenters. The van der Waals surface area contributed by atoms with Gasteiger partial charge in [-0.3, -0.25) is 9.35 Å². The van der Waals surface area contributed by atoms with Crippen LogP contribution in [0.4, 0.5) is 0 Å². The van der Waals surface area contributed by atoms with Gasteiger partial charge >= 0.3 is 51.4 Å². The summed E-state index contributed by atoms with van der Waals surface area (Å²) in [6.07, 6.45) is 3.93. The Hall–Kier alpha value is 1.72. The molecule has 9 heteroatoms. The van der Waals surface area contributed by atoms with Crippen molar-refractivity contribution in [3.63, 3.8) is 0 Å². The summed E-state index contributed by atoms with van der Waals surface area (Å²) < 4.78 is 29.3. The van der Waals surface area contributed by atoms with Crippen LogP contribution in [0.2, 0.25) is 0 Å². The van der Waals surface area contributed by atoms with Crippen molar-refractivity contribution in [1.29, 1.82) is 0 Å². The molecule has 0 rings (SSSR count). The van der Waals surface area contributed by atoms with Gasteiger partial charge in [-0.2, -0.15) is 33.7 Å². The van der Waals surface area contributed by atoms with Crippen LogP contribution in [0.3, 0.4) is 0 Å². The van der Waals surface area contributed by atoms with E-state index in [1.165, 1.54) is 0 Å². The average Bonchev–Trinajstić information content (AvgIpc) is 2.23. The summed E-state index contributed by atoms with van der Waals surface area (Å²) in [5.41, 5.74) is 0. The van der Waals surface area contributed by atoms with Gasteiger partial charge < -0.3 is 5.32 Å². The van der Waals surface area contributed by atoms with Gasteiger partial charge in [-0.1, -0.05) is 6.42 Å². The van der Waals surface area contributed by atoms with E-state index in [4.69, 9.17) is 4.55 Å². The summed E-state index contributed by atoms with van der Waals surface area (Å²) in [7, 11) is -3.99. The molecule has 5 nitrogen and oxygen atoms in total. The molecule has 0 saturated carbocycles. The summed E-state index contributed by atoms with van der Waals surface area (Å²) >= 11 is 8.50. The second-order valence-electron chi connectivity index (χ2n) is 4.05. The van der Waals surface area contributed by atoms with E-state index in [-0.39, 0.29) is 63.8 Å². The maximum atomic E-state index is 11.3. The van der Waals surface area contributed by atoms with Gasteiger partial charge in [0.05, 0.1) is 5.75 Å². The quantitative estimate of drug-likeness (QED) is 0.199. The predicted octanol–water partition coefficient (Wildman–Crippen LogP) is 0.521. The van der Waals surface area contributed by atoms with Gasteiger partial charge in [-0.05, 0) is 25.0 Å². The number of unbranched alkanes of at least 4 members (excludes halogenated alkanes) is 1. The molecule has 0 aliphatic rings. The zero-order valence-corrected chi connectivity index (χ0v) is 12.8. The van der Waals surface area contributed by atoms with Gasteiger partial charge in [0.15, 0.2) is 0 Å². The summed E-state index contributed by atoms with van der Waals surface area (Å²) in [5, 5.41) is 2.77. The first-order valence-electron chi connectivity index (χ1n) is 5.86. The van der Waals surface area contributed by atoms with Crippen LogP contribution in [-0.4, -0.2) is 93.6 Å². The van der Waals surface area contributed by atoms with Gasteiger partial charge in [-0.15, -0.1) is 0 Å². The molecular weight excluding hydrogens is 333 g/mol. The van der Waals surface area contributed by atoms with Gasteiger partial charge in [0.1, 0.15) is 0 Å². The fourth-order valence-electron chi connectivity index (χ4n) is 1.37.